The van der Waals surface area contributed by atoms with Crippen molar-refractivity contribution in [1.29, 1.82) is 0 Å². The van der Waals surface area contributed by atoms with E-state index in [1.54, 1.807) is 0 Å². The van der Waals surface area contributed by atoms with Crippen LogP contribution in [0.25, 0.3) is 0 Å². The Kier molecular flexibility index (Phi) is 1.59. The second-order valence-electron chi connectivity index (χ2n) is 1.78. The Balaban J connectivity index is 2.55. The van der Waals surface area contributed by atoms with Crippen molar-refractivity contribution in [2.24, 2.45) is 5.10 Å². The predicted molar refractivity (Wildman–Crippen MR) is 41.6 cm³/mol. The van der Waals surface area contributed by atoms with Gasteiger partial charge in [-0.3, -0.25) is 8.12 Å². The molecule has 3 nitrogen and oxygen atoms in total. The zero-order valence-corrected chi connectivity index (χ0v) is 7.03. The van der Waals surface area contributed by atoms with E-state index >= 15 is 0 Å². The van der Waals surface area contributed by atoms with E-state index in [1.165, 1.54) is 0 Å². The molecular formula is C4H8IN3. The first kappa shape index (κ1) is 6.12. The van der Waals surface area contributed by atoms with Gasteiger partial charge < -0.3 is 0 Å². The minimum Gasteiger partial charge on any atom is -0.281 e. The van der Waals surface area contributed by atoms with Gasteiger partial charge >= 0.3 is 0 Å². The lowest BCUT2D eigenvalue weighted by Gasteiger charge is -2.17. The fourth-order valence-electron chi connectivity index (χ4n) is 0.483. The second-order valence-corrected chi connectivity index (χ2v) is 2.89. The Morgan fingerprint density at radius 2 is 2.38 bits per heavy atom. The van der Waals surface area contributed by atoms with Crippen LogP contribution in [0.2, 0.25) is 0 Å². The van der Waals surface area contributed by atoms with Crippen LogP contribution in [0.1, 0.15) is 6.92 Å². The fourth-order valence-corrected chi connectivity index (χ4v) is 0.955. The molecule has 0 saturated heterocycles. The highest BCUT2D eigenvalue weighted by Crippen LogP contribution is 2.12. The first-order valence-electron chi connectivity index (χ1n) is 2.43. The first-order chi connectivity index (χ1) is 3.72. The third-order valence-corrected chi connectivity index (χ3v) is 2.30. The molecule has 0 aromatic rings. The van der Waals surface area contributed by atoms with Crippen LogP contribution in [0.5, 0.6) is 0 Å². The van der Waals surface area contributed by atoms with Gasteiger partial charge in [-0.15, -0.1) is 0 Å². The lowest BCUT2D eigenvalue weighted by atomic mass is 10.6. The van der Waals surface area contributed by atoms with Crippen LogP contribution >= 0.6 is 22.9 Å². The van der Waals surface area contributed by atoms with E-state index in [1.807, 2.05) is 21.5 Å². The molecule has 0 aromatic carbocycles. The Labute approximate surface area is 62.8 Å². The summed E-state index contributed by atoms with van der Waals surface area (Å²) in [6.45, 7) is 2.10. The molecule has 1 unspecified atom stereocenters. The molecule has 0 N–H and O–H groups in total. The highest BCUT2D eigenvalue weighted by atomic mass is 127. The largest absolute Gasteiger partial charge is 0.281 e. The molecular weight excluding hydrogens is 217 g/mol. The average molecular weight is 225 g/mol. The van der Waals surface area contributed by atoms with E-state index in [0.29, 0.717) is 6.17 Å². The van der Waals surface area contributed by atoms with Gasteiger partial charge in [0.2, 0.25) is 0 Å². The Morgan fingerprint density at radius 3 is 2.50 bits per heavy atom. The Morgan fingerprint density at radius 1 is 1.75 bits per heavy atom. The van der Waals surface area contributed by atoms with Crippen LogP contribution < -0.4 is 0 Å². The summed E-state index contributed by atoms with van der Waals surface area (Å²) in [6, 6.07) is 0. The summed E-state index contributed by atoms with van der Waals surface area (Å²) in [6.07, 6.45) is 2.22. The number of nitrogens with zero attached hydrogens (tertiary/aromatic N) is 3. The number of hydrazone groups is 1. The molecule has 1 atom stereocenters. The van der Waals surface area contributed by atoms with Gasteiger partial charge in [0.25, 0.3) is 0 Å². The van der Waals surface area contributed by atoms with Crippen LogP contribution in [0, 0.1) is 0 Å². The van der Waals surface area contributed by atoms with Gasteiger partial charge in [0.05, 0.1) is 22.9 Å². The van der Waals surface area contributed by atoms with E-state index in [0.717, 1.165) is 0 Å². The van der Waals surface area contributed by atoms with Crippen molar-refractivity contribution in [2.45, 2.75) is 13.1 Å². The van der Waals surface area contributed by atoms with E-state index in [-0.39, 0.29) is 0 Å². The van der Waals surface area contributed by atoms with E-state index in [4.69, 9.17) is 0 Å². The molecule has 1 aliphatic heterocycles. The molecule has 1 heterocycles. The molecule has 0 amide bonds. The Hall–Kier alpha value is 0. The molecule has 0 fully saturated rings. The first-order valence-corrected chi connectivity index (χ1v) is 3.39. The number of hydrogen-bond acceptors (Lipinski definition) is 3. The van der Waals surface area contributed by atoms with Crippen LogP contribution in [0.4, 0.5) is 0 Å². The SMILES string of the molecule is CC1N(I)C=NN1C. The molecule has 1 rings (SSSR count). The standard InChI is InChI=1S/C4H8IN3/c1-4-7(2)6-3-8(4)5/h3-4H,1-2H3. The van der Waals surface area contributed by atoms with Gasteiger partial charge in [0, 0.05) is 7.05 Å². The summed E-state index contributed by atoms with van der Waals surface area (Å²) in [5.74, 6) is 0. The van der Waals surface area contributed by atoms with Crippen molar-refractivity contribution in [3.05, 3.63) is 0 Å². The van der Waals surface area contributed by atoms with Crippen LogP contribution in [0.15, 0.2) is 5.10 Å². The molecule has 8 heavy (non-hydrogen) atoms. The van der Waals surface area contributed by atoms with Gasteiger partial charge in [-0.2, -0.15) is 5.10 Å². The Bertz CT molecular complexity index is 102. The zero-order valence-electron chi connectivity index (χ0n) is 4.87. The molecule has 0 aliphatic carbocycles. The van der Waals surface area contributed by atoms with Gasteiger partial charge in [-0.1, -0.05) is 0 Å². The van der Waals surface area contributed by atoms with E-state index in [2.05, 4.69) is 34.9 Å². The summed E-state index contributed by atoms with van der Waals surface area (Å²) in [5.41, 5.74) is 0. The molecule has 0 spiro atoms. The predicted octanol–water partition coefficient (Wildman–Crippen LogP) is 0.873. The van der Waals surface area contributed by atoms with Gasteiger partial charge in [-0.25, -0.2) is 0 Å². The number of halogens is 1. The minimum atomic E-state index is 0.413. The van der Waals surface area contributed by atoms with Crippen LogP contribution in [0.3, 0.4) is 0 Å². The highest BCUT2D eigenvalue weighted by Gasteiger charge is 2.16. The lowest BCUT2D eigenvalue weighted by Crippen LogP contribution is -2.27. The van der Waals surface area contributed by atoms with E-state index < -0.39 is 0 Å². The smallest absolute Gasteiger partial charge is 0.125 e. The maximum absolute atomic E-state index is 4.02. The van der Waals surface area contributed by atoms with Gasteiger partial charge in [0.15, 0.2) is 0 Å². The topological polar surface area (TPSA) is 18.8 Å². The molecule has 46 valence electrons. The van der Waals surface area contributed by atoms with Crippen molar-refractivity contribution in [3.63, 3.8) is 0 Å². The van der Waals surface area contributed by atoms with Gasteiger partial charge in [-0.05, 0) is 6.92 Å². The number of hydrogen-bond donors (Lipinski definition) is 0. The fraction of sp³-hybridized carbons (Fsp3) is 0.750. The van der Waals surface area contributed by atoms with Crippen molar-refractivity contribution in [2.75, 3.05) is 7.05 Å². The molecule has 1 aliphatic rings. The molecule has 0 bridgehead atoms. The van der Waals surface area contributed by atoms with Crippen molar-refractivity contribution < 1.29 is 0 Å². The summed E-state index contributed by atoms with van der Waals surface area (Å²) < 4.78 is 2.03. The number of rotatable bonds is 0. The van der Waals surface area contributed by atoms with Crippen molar-refractivity contribution >= 4 is 29.2 Å². The third kappa shape index (κ3) is 0.888. The monoisotopic (exact) mass is 225 g/mol. The summed E-state index contributed by atoms with van der Waals surface area (Å²) in [7, 11) is 1.96. The second kappa shape index (κ2) is 2.08. The maximum Gasteiger partial charge on any atom is 0.125 e. The van der Waals surface area contributed by atoms with Crippen molar-refractivity contribution in [1.82, 2.24) is 8.12 Å². The van der Waals surface area contributed by atoms with Crippen molar-refractivity contribution in [3.8, 4) is 0 Å². The highest BCUT2D eigenvalue weighted by molar-refractivity contribution is 14.1. The maximum atomic E-state index is 4.02. The molecule has 4 heteroatoms. The lowest BCUT2D eigenvalue weighted by molar-refractivity contribution is 0.250. The molecule has 0 saturated carbocycles. The summed E-state index contributed by atoms with van der Waals surface area (Å²) in [5, 5.41) is 5.93. The van der Waals surface area contributed by atoms with Crippen LogP contribution in [-0.2, 0) is 0 Å². The third-order valence-electron chi connectivity index (χ3n) is 1.24. The van der Waals surface area contributed by atoms with Crippen LogP contribution in [-0.4, -0.2) is 27.7 Å². The average Bonchev–Trinajstić information content (AvgIpc) is 1.98. The minimum absolute atomic E-state index is 0.413. The van der Waals surface area contributed by atoms with Gasteiger partial charge in [0.1, 0.15) is 12.5 Å². The zero-order chi connectivity index (χ0) is 6.15. The normalized spacial score (nSPS) is 27.6. The summed E-state index contributed by atoms with van der Waals surface area (Å²) in [4.78, 5) is 0. The molecule has 0 radical (unpaired) electrons. The molecule has 0 aromatic heterocycles. The van der Waals surface area contributed by atoms with E-state index in [9.17, 15) is 0 Å². The summed E-state index contributed by atoms with van der Waals surface area (Å²) >= 11 is 2.22. The quantitative estimate of drug-likeness (QED) is 0.450.